The molecule has 0 unspecified atom stereocenters. The van der Waals surface area contributed by atoms with Crippen molar-refractivity contribution in [2.24, 2.45) is 4.99 Å². The highest BCUT2D eigenvalue weighted by atomic mass is 79.9. The molecule has 3 aromatic rings. The summed E-state index contributed by atoms with van der Waals surface area (Å²) < 4.78 is 25.1. The standard InChI is InChI=1S/C25H24BrFN2O3/c1-3-32-23-6-4-5-18(24(23)30)22-14-21(15-7-10-17(31-2)11-8-15)28-25(29-22)16-9-12-20(27)19(26)13-16/h4-13,22,25,29-30H,3,14H2,1-2H3/t22-,25-/m0/s1. The molecule has 0 amide bonds. The zero-order valence-electron chi connectivity index (χ0n) is 17.8. The van der Waals surface area contributed by atoms with Gasteiger partial charge in [0.05, 0.1) is 18.2 Å². The van der Waals surface area contributed by atoms with Gasteiger partial charge in [0.2, 0.25) is 0 Å². The number of hydrogen-bond acceptors (Lipinski definition) is 5. The van der Waals surface area contributed by atoms with E-state index in [1.54, 1.807) is 25.3 Å². The van der Waals surface area contributed by atoms with E-state index in [4.69, 9.17) is 14.5 Å². The average molecular weight is 499 g/mol. The largest absolute Gasteiger partial charge is 0.504 e. The number of nitrogens with one attached hydrogen (secondary N) is 1. The molecule has 0 saturated carbocycles. The van der Waals surface area contributed by atoms with Crippen LogP contribution in [0.4, 0.5) is 4.39 Å². The van der Waals surface area contributed by atoms with Gasteiger partial charge >= 0.3 is 0 Å². The van der Waals surface area contributed by atoms with Crippen molar-refractivity contribution in [3.63, 3.8) is 0 Å². The van der Waals surface area contributed by atoms with Gasteiger partial charge in [0.1, 0.15) is 17.7 Å². The normalized spacial score (nSPS) is 18.2. The third kappa shape index (κ3) is 4.64. The van der Waals surface area contributed by atoms with Crippen molar-refractivity contribution in [1.82, 2.24) is 5.32 Å². The van der Waals surface area contributed by atoms with Crippen LogP contribution in [-0.4, -0.2) is 24.5 Å². The highest BCUT2D eigenvalue weighted by molar-refractivity contribution is 9.10. The van der Waals surface area contributed by atoms with E-state index in [-0.39, 0.29) is 17.6 Å². The van der Waals surface area contributed by atoms with Crippen LogP contribution >= 0.6 is 15.9 Å². The molecule has 0 spiro atoms. The Kier molecular flexibility index (Phi) is 6.77. The number of benzene rings is 3. The number of nitrogens with zero attached hydrogens (tertiary/aromatic N) is 1. The summed E-state index contributed by atoms with van der Waals surface area (Å²) in [6.45, 7) is 2.34. The SMILES string of the molecule is CCOc1cccc([C@@H]2CC(c3ccc(OC)cc3)=N[C@H](c3ccc(F)c(Br)c3)N2)c1O. The van der Waals surface area contributed by atoms with Crippen LogP contribution in [0.5, 0.6) is 17.2 Å². The highest BCUT2D eigenvalue weighted by Crippen LogP contribution is 2.39. The second-order valence-corrected chi connectivity index (χ2v) is 8.29. The first kappa shape index (κ1) is 22.3. The Bertz CT molecular complexity index is 1130. The predicted molar refractivity (Wildman–Crippen MR) is 126 cm³/mol. The summed E-state index contributed by atoms with van der Waals surface area (Å²) in [6, 6.07) is 17.8. The number of aromatic hydroxyl groups is 1. The molecule has 2 atom stereocenters. The maximum absolute atomic E-state index is 13.8. The van der Waals surface area contributed by atoms with Gasteiger partial charge in [-0.1, -0.05) is 18.2 Å². The van der Waals surface area contributed by atoms with Crippen LogP contribution < -0.4 is 14.8 Å². The first-order chi connectivity index (χ1) is 15.5. The molecule has 166 valence electrons. The molecule has 0 radical (unpaired) electrons. The fourth-order valence-corrected chi connectivity index (χ4v) is 4.21. The number of rotatable bonds is 6. The summed E-state index contributed by atoms with van der Waals surface area (Å²) in [4.78, 5) is 4.92. The first-order valence-electron chi connectivity index (χ1n) is 10.4. The fraction of sp³-hybridized carbons (Fsp3) is 0.240. The van der Waals surface area contributed by atoms with Crippen LogP contribution in [0.25, 0.3) is 0 Å². The predicted octanol–water partition coefficient (Wildman–Crippen LogP) is 5.92. The van der Waals surface area contributed by atoms with Gasteiger partial charge in [0.25, 0.3) is 0 Å². The second-order valence-electron chi connectivity index (χ2n) is 7.43. The maximum Gasteiger partial charge on any atom is 0.162 e. The molecule has 0 saturated heterocycles. The van der Waals surface area contributed by atoms with E-state index >= 15 is 0 Å². The first-order valence-corrected chi connectivity index (χ1v) is 11.2. The summed E-state index contributed by atoms with van der Waals surface area (Å²) in [7, 11) is 1.63. The van der Waals surface area contributed by atoms with E-state index in [1.165, 1.54) is 6.07 Å². The smallest absolute Gasteiger partial charge is 0.162 e. The Morgan fingerprint density at radius 2 is 1.94 bits per heavy atom. The number of phenolic OH excluding ortho intramolecular Hbond substituents is 1. The van der Waals surface area contributed by atoms with Crippen LogP contribution in [0, 0.1) is 5.82 Å². The van der Waals surface area contributed by atoms with Gasteiger partial charge in [-0.2, -0.15) is 0 Å². The molecule has 7 heteroatoms. The van der Waals surface area contributed by atoms with E-state index in [9.17, 15) is 9.50 Å². The third-order valence-corrected chi connectivity index (χ3v) is 6.04. The number of aliphatic imine (C=N–C) groups is 1. The van der Waals surface area contributed by atoms with Crippen molar-refractivity contribution in [2.45, 2.75) is 25.6 Å². The van der Waals surface area contributed by atoms with Crippen molar-refractivity contribution in [1.29, 1.82) is 0 Å². The van der Waals surface area contributed by atoms with Crippen LogP contribution in [0.3, 0.4) is 0 Å². The molecule has 32 heavy (non-hydrogen) atoms. The summed E-state index contributed by atoms with van der Waals surface area (Å²) in [5.41, 5.74) is 3.38. The van der Waals surface area contributed by atoms with Gasteiger partial charge in [0.15, 0.2) is 11.5 Å². The van der Waals surface area contributed by atoms with E-state index in [2.05, 4.69) is 21.2 Å². The van der Waals surface area contributed by atoms with Gasteiger partial charge in [-0.15, -0.1) is 0 Å². The van der Waals surface area contributed by atoms with Crippen molar-refractivity contribution < 1.29 is 19.0 Å². The van der Waals surface area contributed by atoms with E-state index in [1.807, 2.05) is 43.3 Å². The lowest BCUT2D eigenvalue weighted by Gasteiger charge is -2.31. The Morgan fingerprint density at radius 1 is 1.16 bits per heavy atom. The van der Waals surface area contributed by atoms with Crippen molar-refractivity contribution in [3.8, 4) is 17.2 Å². The topological polar surface area (TPSA) is 63.1 Å². The highest BCUT2D eigenvalue weighted by Gasteiger charge is 2.29. The zero-order valence-corrected chi connectivity index (χ0v) is 19.4. The van der Waals surface area contributed by atoms with E-state index < -0.39 is 6.17 Å². The Morgan fingerprint density at radius 3 is 2.62 bits per heavy atom. The number of hydrogen-bond donors (Lipinski definition) is 2. The Hall–Kier alpha value is -2.90. The minimum atomic E-state index is -0.419. The molecule has 0 fully saturated rings. The number of ether oxygens (including phenoxy) is 2. The lowest BCUT2D eigenvalue weighted by atomic mass is 9.93. The quantitative estimate of drug-likeness (QED) is 0.442. The van der Waals surface area contributed by atoms with Crippen molar-refractivity contribution >= 4 is 21.6 Å². The van der Waals surface area contributed by atoms with Gasteiger partial charge < -0.3 is 14.6 Å². The Labute approximate surface area is 195 Å². The molecule has 4 rings (SSSR count). The minimum Gasteiger partial charge on any atom is -0.504 e. The van der Waals surface area contributed by atoms with Gasteiger partial charge in [-0.05, 0) is 76.4 Å². The van der Waals surface area contributed by atoms with Crippen LogP contribution in [0.1, 0.15) is 42.2 Å². The maximum atomic E-state index is 13.8. The number of halogens is 2. The van der Waals surface area contributed by atoms with Crippen molar-refractivity contribution in [2.75, 3.05) is 13.7 Å². The minimum absolute atomic E-state index is 0.113. The molecule has 0 aliphatic carbocycles. The molecule has 2 N–H and O–H groups in total. The summed E-state index contributed by atoms with van der Waals surface area (Å²) >= 11 is 3.27. The lowest BCUT2D eigenvalue weighted by Crippen LogP contribution is -2.33. The van der Waals surface area contributed by atoms with Gasteiger partial charge in [0, 0.05) is 23.7 Å². The Balaban J connectivity index is 1.75. The molecular weight excluding hydrogens is 475 g/mol. The van der Waals surface area contributed by atoms with Crippen LogP contribution in [-0.2, 0) is 0 Å². The lowest BCUT2D eigenvalue weighted by molar-refractivity contribution is 0.313. The third-order valence-electron chi connectivity index (χ3n) is 5.43. The molecule has 5 nitrogen and oxygen atoms in total. The van der Waals surface area contributed by atoms with Crippen LogP contribution in [0.15, 0.2) is 70.1 Å². The number of phenols is 1. The molecule has 0 bridgehead atoms. The number of para-hydroxylation sites is 1. The molecule has 1 heterocycles. The zero-order chi connectivity index (χ0) is 22.7. The van der Waals surface area contributed by atoms with E-state index in [0.29, 0.717) is 23.2 Å². The average Bonchev–Trinajstić information content (AvgIpc) is 2.82. The molecular formula is C25H24BrFN2O3. The summed E-state index contributed by atoms with van der Waals surface area (Å²) in [5, 5.41) is 14.4. The van der Waals surface area contributed by atoms with E-state index in [0.717, 1.165) is 28.2 Å². The van der Waals surface area contributed by atoms with Gasteiger partial charge in [-0.3, -0.25) is 10.3 Å². The van der Waals surface area contributed by atoms with Crippen molar-refractivity contribution in [3.05, 3.63) is 87.6 Å². The molecule has 3 aromatic carbocycles. The fourth-order valence-electron chi connectivity index (χ4n) is 3.81. The monoisotopic (exact) mass is 498 g/mol. The van der Waals surface area contributed by atoms with Crippen LogP contribution in [0.2, 0.25) is 0 Å². The molecule has 0 aromatic heterocycles. The summed E-state index contributed by atoms with van der Waals surface area (Å²) in [6.07, 6.45) is 0.145. The molecule has 1 aliphatic rings. The summed E-state index contributed by atoms with van der Waals surface area (Å²) in [5.74, 6) is 0.992. The second kappa shape index (κ2) is 9.71. The van der Waals surface area contributed by atoms with Gasteiger partial charge in [-0.25, -0.2) is 4.39 Å². The molecule has 1 aliphatic heterocycles. The number of methoxy groups -OCH3 is 1.